The summed E-state index contributed by atoms with van der Waals surface area (Å²) in [6, 6.07) is 10.0. The van der Waals surface area contributed by atoms with Crippen LogP contribution in [0.15, 0.2) is 61.2 Å². The minimum Gasteiger partial charge on any atom is -0.465 e. The maximum atomic E-state index is 14.3. The fourth-order valence-corrected chi connectivity index (χ4v) is 2.36. The van der Waals surface area contributed by atoms with Crippen molar-refractivity contribution in [2.75, 3.05) is 7.11 Å². The van der Waals surface area contributed by atoms with E-state index in [2.05, 4.69) is 14.7 Å². The molecular formula is C18H13FN2O2. The highest BCUT2D eigenvalue weighted by atomic mass is 19.1. The van der Waals surface area contributed by atoms with Crippen LogP contribution in [0.5, 0.6) is 0 Å². The van der Waals surface area contributed by atoms with Crippen LogP contribution in [0.3, 0.4) is 0 Å². The topological polar surface area (TPSA) is 52.1 Å². The average molecular weight is 308 g/mol. The Morgan fingerprint density at radius 3 is 2.04 bits per heavy atom. The first-order valence-corrected chi connectivity index (χ1v) is 6.93. The molecule has 0 unspecified atom stereocenters. The van der Waals surface area contributed by atoms with E-state index < -0.39 is 11.8 Å². The molecule has 0 saturated heterocycles. The molecule has 0 N–H and O–H groups in total. The van der Waals surface area contributed by atoms with E-state index in [9.17, 15) is 9.18 Å². The van der Waals surface area contributed by atoms with Crippen molar-refractivity contribution in [2.45, 2.75) is 0 Å². The van der Waals surface area contributed by atoms with E-state index >= 15 is 0 Å². The Hall–Kier alpha value is -3.08. The molecule has 0 saturated carbocycles. The molecule has 2 aromatic heterocycles. The Labute approximate surface area is 132 Å². The molecule has 0 aliphatic heterocycles. The predicted molar refractivity (Wildman–Crippen MR) is 84.2 cm³/mol. The number of halogens is 1. The van der Waals surface area contributed by atoms with Crippen LogP contribution in [0.25, 0.3) is 22.3 Å². The van der Waals surface area contributed by atoms with Crippen molar-refractivity contribution < 1.29 is 13.9 Å². The number of nitrogens with zero attached hydrogens (tertiary/aromatic N) is 2. The van der Waals surface area contributed by atoms with E-state index in [1.165, 1.54) is 19.2 Å². The Bertz CT molecular complexity index is 836. The van der Waals surface area contributed by atoms with Gasteiger partial charge in [0.2, 0.25) is 0 Å². The molecule has 2 heterocycles. The van der Waals surface area contributed by atoms with Crippen LogP contribution in [0.2, 0.25) is 0 Å². The molecule has 0 fully saturated rings. The van der Waals surface area contributed by atoms with E-state index in [4.69, 9.17) is 0 Å². The molecule has 3 rings (SSSR count). The zero-order chi connectivity index (χ0) is 16.2. The summed E-state index contributed by atoms with van der Waals surface area (Å²) in [5.41, 5.74) is 2.74. The third-order valence-electron chi connectivity index (χ3n) is 3.46. The number of aromatic nitrogens is 2. The number of ether oxygens (including phenoxy) is 1. The predicted octanol–water partition coefficient (Wildman–Crippen LogP) is 3.74. The summed E-state index contributed by atoms with van der Waals surface area (Å²) < 4.78 is 19.0. The van der Waals surface area contributed by atoms with Gasteiger partial charge in [-0.2, -0.15) is 0 Å². The minimum atomic E-state index is -0.717. The maximum Gasteiger partial charge on any atom is 0.340 e. The lowest BCUT2D eigenvalue weighted by molar-refractivity contribution is 0.0595. The zero-order valence-corrected chi connectivity index (χ0v) is 12.4. The highest BCUT2D eigenvalue weighted by Gasteiger charge is 2.18. The van der Waals surface area contributed by atoms with Crippen LogP contribution in [0.4, 0.5) is 4.39 Å². The highest BCUT2D eigenvalue weighted by molar-refractivity contribution is 5.94. The summed E-state index contributed by atoms with van der Waals surface area (Å²) in [5, 5.41) is 0. The summed E-state index contributed by atoms with van der Waals surface area (Å²) >= 11 is 0. The third kappa shape index (κ3) is 2.94. The van der Waals surface area contributed by atoms with Gasteiger partial charge in [-0.05, 0) is 35.4 Å². The molecular weight excluding hydrogens is 295 g/mol. The molecule has 23 heavy (non-hydrogen) atoms. The molecule has 0 aliphatic carbocycles. The molecule has 1 aromatic carbocycles. The van der Waals surface area contributed by atoms with Gasteiger partial charge in [0, 0.05) is 35.9 Å². The maximum absolute atomic E-state index is 14.3. The lowest BCUT2D eigenvalue weighted by atomic mass is 9.94. The van der Waals surface area contributed by atoms with Gasteiger partial charge in [0.1, 0.15) is 5.82 Å². The molecule has 114 valence electrons. The Morgan fingerprint density at radius 1 is 1.00 bits per heavy atom. The van der Waals surface area contributed by atoms with Gasteiger partial charge < -0.3 is 4.74 Å². The Kier molecular flexibility index (Phi) is 4.10. The first-order valence-electron chi connectivity index (χ1n) is 6.93. The molecule has 4 nitrogen and oxygen atoms in total. The second-order valence-corrected chi connectivity index (χ2v) is 4.85. The number of pyridine rings is 2. The van der Waals surface area contributed by atoms with E-state index in [0.717, 1.165) is 11.1 Å². The van der Waals surface area contributed by atoms with Gasteiger partial charge in [0.15, 0.2) is 0 Å². The monoisotopic (exact) mass is 308 g/mol. The summed E-state index contributed by atoms with van der Waals surface area (Å²) in [6.07, 6.45) is 6.60. The van der Waals surface area contributed by atoms with Crippen LogP contribution >= 0.6 is 0 Å². The van der Waals surface area contributed by atoms with E-state index in [1.807, 2.05) is 12.1 Å². The highest BCUT2D eigenvalue weighted by Crippen LogP contribution is 2.33. The van der Waals surface area contributed by atoms with E-state index in [0.29, 0.717) is 11.1 Å². The van der Waals surface area contributed by atoms with Gasteiger partial charge in [-0.15, -0.1) is 0 Å². The summed E-state index contributed by atoms with van der Waals surface area (Å²) in [5.74, 6) is -1.35. The van der Waals surface area contributed by atoms with Crippen LogP contribution in [-0.2, 0) is 4.74 Å². The molecule has 0 aliphatic rings. The van der Waals surface area contributed by atoms with Crippen molar-refractivity contribution in [3.05, 3.63) is 72.6 Å². The minimum absolute atomic E-state index is 0.112. The number of hydrogen-bond donors (Lipinski definition) is 0. The fourth-order valence-electron chi connectivity index (χ4n) is 2.36. The van der Waals surface area contributed by atoms with Gasteiger partial charge in [-0.3, -0.25) is 9.97 Å². The van der Waals surface area contributed by atoms with E-state index in [-0.39, 0.29) is 5.56 Å². The van der Waals surface area contributed by atoms with Crippen LogP contribution in [-0.4, -0.2) is 23.0 Å². The van der Waals surface area contributed by atoms with Crippen molar-refractivity contribution in [1.82, 2.24) is 9.97 Å². The van der Waals surface area contributed by atoms with Crippen LogP contribution < -0.4 is 0 Å². The number of methoxy groups -OCH3 is 1. The first kappa shape index (κ1) is 14.8. The number of esters is 1. The molecule has 0 atom stereocenters. The number of rotatable bonds is 3. The SMILES string of the molecule is COC(=O)c1cc(-c2cccnc2)c(-c2cccnc2)cc1F. The van der Waals surface area contributed by atoms with Gasteiger partial charge >= 0.3 is 5.97 Å². The summed E-state index contributed by atoms with van der Waals surface area (Å²) in [4.78, 5) is 19.9. The zero-order valence-electron chi connectivity index (χ0n) is 12.4. The fraction of sp³-hybridized carbons (Fsp3) is 0.0556. The van der Waals surface area contributed by atoms with Crippen molar-refractivity contribution >= 4 is 5.97 Å². The Morgan fingerprint density at radius 2 is 1.57 bits per heavy atom. The number of hydrogen-bond acceptors (Lipinski definition) is 4. The van der Waals surface area contributed by atoms with Gasteiger partial charge in [0.25, 0.3) is 0 Å². The average Bonchev–Trinajstić information content (AvgIpc) is 2.62. The molecule has 0 radical (unpaired) electrons. The molecule has 0 bridgehead atoms. The number of benzene rings is 1. The van der Waals surface area contributed by atoms with Crippen molar-refractivity contribution in [3.63, 3.8) is 0 Å². The normalized spacial score (nSPS) is 10.3. The summed E-state index contributed by atoms with van der Waals surface area (Å²) in [6.45, 7) is 0. The third-order valence-corrected chi connectivity index (χ3v) is 3.46. The lowest BCUT2D eigenvalue weighted by Crippen LogP contribution is -2.05. The van der Waals surface area contributed by atoms with Crippen molar-refractivity contribution in [2.24, 2.45) is 0 Å². The second kappa shape index (κ2) is 6.36. The largest absolute Gasteiger partial charge is 0.465 e. The molecule has 3 aromatic rings. The van der Waals surface area contributed by atoms with Crippen molar-refractivity contribution in [3.8, 4) is 22.3 Å². The van der Waals surface area contributed by atoms with Gasteiger partial charge in [-0.25, -0.2) is 9.18 Å². The van der Waals surface area contributed by atoms with Gasteiger partial charge in [0.05, 0.1) is 12.7 Å². The van der Waals surface area contributed by atoms with Crippen molar-refractivity contribution in [1.29, 1.82) is 0 Å². The van der Waals surface area contributed by atoms with Gasteiger partial charge in [-0.1, -0.05) is 12.1 Å². The lowest BCUT2D eigenvalue weighted by Gasteiger charge is -2.12. The van der Waals surface area contributed by atoms with E-state index in [1.54, 1.807) is 36.9 Å². The Balaban J connectivity index is 2.27. The standard InChI is InChI=1S/C18H13FN2O2/c1-23-18(22)16-8-14(12-4-2-6-20-10-12)15(9-17(16)19)13-5-3-7-21-11-13/h2-11H,1H3. The molecule has 5 heteroatoms. The van der Waals surface area contributed by atoms with Crippen LogP contribution in [0.1, 0.15) is 10.4 Å². The molecule has 0 spiro atoms. The first-order chi connectivity index (χ1) is 11.2. The van der Waals surface area contributed by atoms with Crippen LogP contribution in [0, 0.1) is 5.82 Å². The smallest absolute Gasteiger partial charge is 0.340 e. The summed E-state index contributed by atoms with van der Waals surface area (Å²) in [7, 11) is 1.22. The molecule has 0 amide bonds. The number of carbonyl (C=O) groups excluding carboxylic acids is 1. The number of carbonyl (C=O) groups is 1. The second-order valence-electron chi connectivity index (χ2n) is 4.85. The quantitative estimate of drug-likeness (QED) is 0.692.